The van der Waals surface area contributed by atoms with Crippen LogP contribution in [0.25, 0.3) is 0 Å². The number of ether oxygens (including phenoxy) is 2. The highest BCUT2D eigenvalue weighted by atomic mass is 35.5. The number of nitriles is 1. The second kappa shape index (κ2) is 9.51. The van der Waals surface area contributed by atoms with E-state index in [1.165, 1.54) is 12.1 Å². The van der Waals surface area contributed by atoms with E-state index in [9.17, 15) is 31.6 Å². The summed E-state index contributed by atoms with van der Waals surface area (Å²) in [6.45, 7) is 1.27. The van der Waals surface area contributed by atoms with Gasteiger partial charge in [-0.3, -0.25) is 0 Å². The first kappa shape index (κ1) is 25.9. The SMILES string of the molecule is CC1(C)C(C=C(Cl)C(F)(F)OCC(F)(F)F)C1C(C#N)c1ccc(F)c(Oc2ccccc2)c1. The lowest BCUT2D eigenvalue weighted by molar-refractivity contribution is -0.267. The molecule has 1 aliphatic carbocycles. The highest BCUT2D eigenvalue weighted by molar-refractivity contribution is 6.30. The van der Waals surface area contributed by atoms with Crippen molar-refractivity contribution in [3.63, 3.8) is 0 Å². The number of benzene rings is 2. The minimum absolute atomic E-state index is 0.111. The van der Waals surface area contributed by atoms with Crippen LogP contribution in [-0.2, 0) is 4.74 Å². The molecular weight excluding hydrogens is 484 g/mol. The number of rotatable bonds is 8. The molecule has 0 aliphatic heterocycles. The van der Waals surface area contributed by atoms with Crippen molar-refractivity contribution in [3.05, 3.63) is 71.0 Å². The third kappa shape index (κ3) is 5.86. The second-order valence-electron chi connectivity index (χ2n) is 8.52. The lowest BCUT2D eigenvalue weighted by Gasteiger charge is -2.17. The molecule has 0 aromatic heterocycles. The number of nitrogens with zero attached hydrogens (tertiary/aromatic N) is 1. The maximum Gasteiger partial charge on any atom is 0.412 e. The maximum absolute atomic E-state index is 14.3. The van der Waals surface area contributed by atoms with Gasteiger partial charge in [-0.1, -0.05) is 55.8 Å². The van der Waals surface area contributed by atoms with E-state index in [4.69, 9.17) is 16.3 Å². The predicted octanol–water partition coefficient (Wildman–Crippen LogP) is 7.79. The average Bonchev–Trinajstić information content (AvgIpc) is 3.29. The number of hydrogen-bond donors (Lipinski definition) is 0. The molecular formula is C24H20ClF6NO2. The van der Waals surface area contributed by atoms with Crippen LogP contribution in [0.1, 0.15) is 25.3 Å². The number of alkyl halides is 5. The van der Waals surface area contributed by atoms with E-state index in [1.807, 2.05) is 0 Å². The zero-order valence-corrected chi connectivity index (χ0v) is 18.8. The van der Waals surface area contributed by atoms with Crippen molar-refractivity contribution < 1.29 is 35.8 Å². The molecule has 34 heavy (non-hydrogen) atoms. The number of halogens is 7. The summed E-state index contributed by atoms with van der Waals surface area (Å²) < 4.78 is 88.3. The van der Waals surface area contributed by atoms with E-state index in [0.29, 0.717) is 11.3 Å². The molecule has 0 radical (unpaired) electrons. The van der Waals surface area contributed by atoms with Crippen molar-refractivity contribution >= 4 is 11.6 Å². The Balaban J connectivity index is 1.83. The van der Waals surface area contributed by atoms with Crippen LogP contribution in [0.2, 0.25) is 0 Å². The average molecular weight is 504 g/mol. The lowest BCUT2D eigenvalue weighted by atomic mass is 9.91. The molecule has 1 saturated carbocycles. The predicted molar refractivity (Wildman–Crippen MR) is 113 cm³/mol. The van der Waals surface area contributed by atoms with Gasteiger partial charge in [-0.15, -0.1) is 0 Å². The number of allylic oxidation sites excluding steroid dienone is 1. The van der Waals surface area contributed by atoms with Gasteiger partial charge in [0.25, 0.3) is 0 Å². The van der Waals surface area contributed by atoms with Crippen molar-refractivity contribution in [2.24, 2.45) is 17.3 Å². The van der Waals surface area contributed by atoms with Gasteiger partial charge in [-0.2, -0.15) is 27.2 Å². The van der Waals surface area contributed by atoms with Gasteiger partial charge in [0, 0.05) is 0 Å². The van der Waals surface area contributed by atoms with Crippen LogP contribution in [0.15, 0.2) is 59.6 Å². The molecule has 0 heterocycles. The molecule has 3 rings (SSSR count). The van der Waals surface area contributed by atoms with Crippen molar-refractivity contribution in [1.29, 1.82) is 5.26 Å². The third-order valence-electron chi connectivity index (χ3n) is 5.80. The van der Waals surface area contributed by atoms with Gasteiger partial charge in [-0.05, 0) is 47.1 Å². The molecule has 10 heteroatoms. The first-order valence-electron chi connectivity index (χ1n) is 10.1. The smallest absolute Gasteiger partial charge is 0.412 e. The van der Waals surface area contributed by atoms with Crippen LogP contribution in [0, 0.1) is 34.4 Å². The quantitative estimate of drug-likeness (QED) is 0.345. The fourth-order valence-electron chi connectivity index (χ4n) is 3.94. The van der Waals surface area contributed by atoms with Crippen molar-refractivity contribution in [2.45, 2.75) is 32.1 Å². The van der Waals surface area contributed by atoms with Gasteiger partial charge < -0.3 is 9.47 Å². The van der Waals surface area contributed by atoms with Crippen LogP contribution in [-0.4, -0.2) is 18.9 Å². The summed E-state index contributed by atoms with van der Waals surface area (Å²) in [4.78, 5) is 0. The molecule has 182 valence electrons. The molecule has 0 amide bonds. The second-order valence-corrected chi connectivity index (χ2v) is 8.93. The van der Waals surface area contributed by atoms with E-state index < -0.39 is 52.9 Å². The molecule has 2 aromatic carbocycles. The van der Waals surface area contributed by atoms with Crippen LogP contribution >= 0.6 is 11.6 Å². The molecule has 1 fully saturated rings. The molecule has 0 N–H and O–H groups in total. The first-order chi connectivity index (χ1) is 15.8. The van der Waals surface area contributed by atoms with Crippen molar-refractivity contribution in [3.8, 4) is 17.6 Å². The van der Waals surface area contributed by atoms with Crippen molar-refractivity contribution in [1.82, 2.24) is 0 Å². The fraction of sp³-hybridized carbons (Fsp3) is 0.375. The van der Waals surface area contributed by atoms with Crippen molar-refractivity contribution in [2.75, 3.05) is 6.61 Å². The van der Waals surface area contributed by atoms with Gasteiger partial charge in [0.2, 0.25) is 0 Å². The Morgan fingerprint density at radius 3 is 2.38 bits per heavy atom. The summed E-state index contributed by atoms with van der Waals surface area (Å²) in [6.07, 6.45) is -8.36. The zero-order chi connectivity index (χ0) is 25.3. The van der Waals surface area contributed by atoms with Crippen LogP contribution in [0.3, 0.4) is 0 Å². The Kier molecular flexibility index (Phi) is 7.25. The summed E-state index contributed by atoms with van der Waals surface area (Å²) in [5, 5.41) is 8.63. The standard InChI is InChI=1S/C24H20ClF6NO2/c1-22(2)17(11-20(25)24(30,31)33-13-23(27,28)29)21(22)16(12-32)14-8-9-18(26)19(10-14)34-15-6-4-3-5-7-15/h3-11,16-17,21H,13H2,1-2H3. The van der Waals surface area contributed by atoms with Gasteiger partial charge >= 0.3 is 12.3 Å². The van der Waals surface area contributed by atoms with E-state index >= 15 is 0 Å². The Bertz CT molecular complexity index is 1090. The Labute approximate surface area is 197 Å². The summed E-state index contributed by atoms with van der Waals surface area (Å²) in [7, 11) is 0. The lowest BCUT2D eigenvalue weighted by Crippen LogP contribution is -2.28. The summed E-state index contributed by atoms with van der Waals surface area (Å²) in [6, 6.07) is 14.5. The Morgan fingerprint density at radius 2 is 1.79 bits per heavy atom. The summed E-state index contributed by atoms with van der Waals surface area (Å²) in [5.74, 6) is -2.40. The van der Waals surface area contributed by atoms with Gasteiger partial charge in [0.05, 0.1) is 12.0 Å². The fourth-order valence-corrected chi connectivity index (χ4v) is 4.13. The monoisotopic (exact) mass is 503 g/mol. The topological polar surface area (TPSA) is 42.2 Å². The highest BCUT2D eigenvalue weighted by Crippen LogP contribution is 2.65. The van der Waals surface area contributed by atoms with Gasteiger partial charge in [0.1, 0.15) is 17.4 Å². The van der Waals surface area contributed by atoms with Gasteiger partial charge in [0.15, 0.2) is 11.6 Å². The van der Waals surface area contributed by atoms with Crippen LogP contribution in [0.4, 0.5) is 26.3 Å². The minimum atomic E-state index is -4.95. The summed E-state index contributed by atoms with van der Waals surface area (Å²) >= 11 is 5.63. The molecule has 3 nitrogen and oxygen atoms in total. The number of para-hydroxylation sites is 1. The molecule has 0 bridgehead atoms. The third-order valence-corrected chi connectivity index (χ3v) is 6.15. The van der Waals surface area contributed by atoms with Crippen LogP contribution < -0.4 is 4.74 Å². The summed E-state index contributed by atoms with van der Waals surface area (Å²) in [5.41, 5.74) is -0.282. The van der Waals surface area contributed by atoms with E-state index in [-0.39, 0.29) is 5.75 Å². The zero-order valence-electron chi connectivity index (χ0n) is 18.0. The normalized spacial score (nSPS) is 21.0. The molecule has 0 saturated heterocycles. The first-order valence-corrected chi connectivity index (χ1v) is 10.5. The molecule has 3 atom stereocenters. The van der Waals surface area contributed by atoms with E-state index in [1.54, 1.807) is 44.2 Å². The van der Waals surface area contributed by atoms with E-state index in [0.717, 1.165) is 12.1 Å². The molecule has 3 unspecified atom stereocenters. The minimum Gasteiger partial charge on any atom is -0.454 e. The largest absolute Gasteiger partial charge is 0.454 e. The van der Waals surface area contributed by atoms with Gasteiger partial charge in [-0.25, -0.2) is 4.39 Å². The molecule has 1 aliphatic rings. The Morgan fingerprint density at radius 1 is 1.15 bits per heavy atom. The number of hydrogen-bond acceptors (Lipinski definition) is 3. The maximum atomic E-state index is 14.3. The molecule has 0 spiro atoms. The molecule has 2 aromatic rings. The highest BCUT2D eigenvalue weighted by Gasteiger charge is 2.61. The van der Waals surface area contributed by atoms with E-state index in [2.05, 4.69) is 10.8 Å². The Hall–Kier alpha value is -2.70. The van der Waals surface area contributed by atoms with Crippen LogP contribution in [0.5, 0.6) is 11.5 Å².